The van der Waals surface area contributed by atoms with E-state index in [2.05, 4.69) is 18.7 Å². The summed E-state index contributed by atoms with van der Waals surface area (Å²) in [5.41, 5.74) is 0.0123. The van der Waals surface area contributed by atoms with Crippen LogP contribution >= 0.6 is 0 Å². The summed E-state index contributed by atoms with van der Waals surface area (Å²) in [6.07, 6.45) is 0.267. The van der Waals surface area contributed by atoms with Gasteiger partial charge in [-0.2, -0.15) is 0 Å². The van der Waals surface area contributed by atoms with Crippen LogP contribution in [-0.4, -0.2) is 30.5 Å². The number of hydrogen-bond donors (Lipinski definition) is 0. The summed E-state index contributed by atoms with van der Waals surface area (Å²) < 4.78 is 25.3. The lowest BCUT2D eigenvalue weighted by Crippen LogP contribution is -2.66. The predicted molar refractivity (Wildman–Crippen MR) is 47.9 cm³/mol. The summed E-state index contributed by atoms with van der Waals surface area (Å²) in [6.45, 7) is 7.20. The average molecular weight is 189 g/mol. The monoisotopic (exact) mass is 189 g/mol. The lowest BCUT2D eigenvalue weighted by atomic mass is 9.61. The third kappa shape index (κ3) is 1.71. The standard InChI is InChI=1S/C10H17F2N/c1-8(2)3-13-6-9(7-13)4-10(11,12)5-9/h8H,3-7H2,1-2H3. The SMILES string of the molecule is CC(C)CN1CC2(C1)CC(F)(F)C2. The molecule has 0 aromatic rings. The summed E-state index contributed by atoms with van der Waals surface area (Å²) in [5.74, 6) is -1.69. The van der Waals surface area contributed by atoms with Gasteiger partial charge in [0.15, 0.2) is 0 Å². The summed E-state index contributed by atoms with van der Waals surface area (Å²) >= 11 is 0. The van der Waals surface area contributed by atoms with Gasteiger partial charge in [-0.1, -0.05) is 13.8 Å². The van der Waals surface area contributed by atoms with Crippen LogP contribution in [0.2, 0.25) is 0 Å². The van der Waals surface area contributed by atoms with Crippen molar-refractivity contribution in [2.45, 2.75) is 32.6 Å². The van der Waals surface area contributed by atoms with Crippen LogP contribution in [-0.2, 0) is 0 Å². The van der Waals surface area contributed by atoms with Crippen molar-refractivity contribution in [2.75, 3.05) is 19.6 Å². The van der Waals surface area contributed by atoms with Gasteiger partial charge in [-0.3, -0.25) is 0 Å². The molecule has 0 N–H and O–H groups in total. The molecule has 1 spiro atoms. The van der Waals surface area contributed by atoms with Gasteiger partial charge >= 0.3 is 0 Å². The van der Waals surface area contributed by atoms with Gasteiger partial charge in [0, 0.05) is 37.9 Å². The van der Waals surface area contributed by atoms with E-state index in [0.29, 0.717) is 5.92 Å². The van der Waals surface area contributed by atoms with Crippen molar-refractivity contribution >= 4 is 0 Å². The minimum absolute atomic E-state index is 0.0123. The van der Waals surface area contributed by atoms with Crippen LogP contribution in [0, 0.1) is 11.3 Å². The quantitative estimate of drug-likeness (QED) is 0.644. The number of likely N-dealkylation sites (tertiary alicyclic amines) is 1. The molecule has 0 aromatic heterocycles. The molecule has 0 aromatic carbocycles. The molecule has 0 radical (unpaired) electrons. The van der Waals surface area contributed by atoms with Crippen LogP contribution in [0.3, 0.4) is 0 Å². The van der Waals surface area contributed by atoms with Crippen LogP contribution in [0.15, 0.2) is 0 Å². The van der Waals surface area contributed by atoms with E-state index in [1.54, 1.807) is 0 Å². The van der Waals surface area contributed by atoms with Crippen molar-refractivity contribution in [3.63, 3.8) is 0 Å². The Morgan fingerprint density at radius 1 is 1.23 bits per heavy atom. The van der Waals surface area contributed by atoms with Crippen LogP contribution in [0.5, 0.6) is 0 Å². The van der Waals surface area contributed by atoms with E-state index in [1.807, 2.05) is 0 Å². The molecule has 1 saturated carbocycles. The highest BCUT2D eigenvalue weighted by atomic mass is 19.3. The zero-order valence-corrected chi connectivity index (χ0v) is 8.32. The van der Waals surface area contributed by atoms with Gasteiger partial charge in [0.05, 0.1) is 0 Å². The lowest BCUT2D eigenvalue weighted by molar-refractivity contribution is -0.214. The molecule has 1 nitrogen and oxygen atoms in total. The molecule has 1 aliphatic carbocycles. The molecule has 13 heavy (non-hydrogen) atoms. The Balaban J connectivity index is 1.74. The molecule has 0 bridgehead atoms. The second-order valence-electron chi connectivity index (χ2n) is 5.27. The summed E-state index contributed by atoms with van der Waals surface area (Å²) in [5, 5.41) is 0. The second-order valence-corrected chi connectivity index (χ2v) is 5.27. The number of alkyl halides is 2. The van der Waals surface area contributed by atoms with E-state index < -0.39 is 5.92 Å². The van der Waals surface area contributed by atoms with Gasteiger partial charge < -0.3 is 4.90 Å². The molecule has 2 rings (SSSR count). The smallest absolute Gasteiger partial charge is 0.249 e. The van der Waals surface area contributed by atoms with Gasteiger partial charge in [-0.05, 0) is 5.92 Å². The zero-order valence-electron chi connectivity index (χ0n) is 8.32. The minimum Gasteiger partial charge on any atom is -0.302 e. The maximum Gasteiger partial charge on any atom is 0.249 e. The second kappa shape index (κ2) is 2.66. The fourth-order valence-corrected chi connectivity index (χ4v) is 2.82. The molecule has 1 heterocycles. The van der Waals surface area contributed by atoms with Gasteiger partial charge in [0.2, 0.25) is 5.92 Å². The molecular formula is C10H17F2N. The van der Waals surface area contributed by atoms with E-state index >= 15 is 0 Å². The number of halogens is 2. The van der Waals surface area contributed by atoms with Crippen molar-refractivity contribution < 1.29 is 8.78 Å². The number of rotatable bonds is 2. The van der Waals surface area contributed by atoms with E-state index in [9.17, 15) is 8.78 Å². The highest BCUT2D eigenvalue weighted by Gasteiger charge is 2.61. The Kier molecular flexibility index (Phi) is 1.92. The van der Waals surface area contributed by atoms with Crippen molar-refractivity contribution in [1.29, 1.82) is 0 Å². The molecule has 0 atom stereocenters. The van der Waals surface area contributed by atoms with E-state index in [-0.39, 0.29) is 18.3 Å². The van der Waals surface area contributed by atoms with Crippen LogP contribution in [0.1, 0.15) is 26.7 Å². The fourth-order valence-electron chi connectivity index (χ4n) is 2.82. The van der Waals surface area contributed by atoms with E-state index in [4.69, 9.17) is 0 Å². The molecule has 0 amide bonds. The minimum atomic E-state index is -2.34. The first kappa shape index (κ1) is 9.38. The highest BCUT2D eigenvalue weighted by Crippen LogP contribution is 2.56. The van der Waals surface area contributed by atoms with Gasteiger partial charge in [0.1, 0.15) is 0 Å². The molecule has 3 heteroatoms. The lowest BCUT2D eigenvalue weighted by Gasteiger charge is -2.59. The largest absolute Gasteiger partial charge is 0.302 e. The third-order valence-electron chi connectivity index (χ3n) is 3.01. The Labute approximate surface area is 78.1 Å². The Morgan fingerprint density at radius 3 is 2.15 bits per heavy atom. The van der Waals surface area contributed by atoms with Gasteiger partial charge in [-0.15, -0.1) is 0 Å². The predicted octanol–water partition coefficient (Wildman–Crippen LogP) is 2.37. The maximum atomic E-state index is 12.6. The number of hydrogen-bond acceptors (Lipinski definition) is 1. The van der Waals surface area contributed by atoms with Gasteiger partial charge in [0.25, 0.3) is 0 Å². The van der Waals surface area contributed by atoms with E-state index in [0.717, 1.165) is 19.6 Å². The molecule has 1 saturated heterocycles. The number of nitrogens with zero attached hydrogens (tertiary/aromatic N) is 1. The maximum absolute atomic E-state index is 12.6. The molecule has 1 aliphatic heterocycles. The first-order valence-electron chi connectivity index (χ1n) is 5.01. The first-order chi connectivity index (χ1) is 5.91. The average Bonchev–Trinajstić information content (AvgIpc) is 1.77. The van der Waals surface area contributed by atoms with Crippen molar-refractivity contribution in [3.8, 4) is 0 Å². The van der Waals surface area contributed by atoms with Crippen LogP contribution in [0.4, 0.5) is 8.78 Å². The fraction of sp³-hybridized carbons (Fsp3) is 1.00. The summed E-state index contributed by atoms with van der Waals surface area (Å²) in [4.78, 5) is 2.29. The van der Waals surface area contributed by atoms with Gasteiger partial charge in [-0.25, -0.2) is 8.78 Å². The van der Waals surface area contributed by atoms with Crippen molar-refractivity contribution in [1.82, 2.24) is 4.90 Å². The Morgan fingerprint density at radius 2 is 1.77 bits per heavy atom. The summed E-state index contributed by atoms with van der Waals surface area (Å²) in [6, 6.07) is 0. The van der Waals surface area contributed by atoms with E-state index in [1.165, 1.54) is 0 Å². The third-order valence-corrected chi connectivity index (χ3v) is 3.01. The van der Waals surface area contributed by atoms with Crippen LogP contribution in [0.25, 0.3) is 0 Å². The molecule has 0 unspecified atom stereocenters. The molecule has 76 valence electrons. The summed E-state index contributed by atoms with van der Waals surface area (Å²) in [7, 11) is 0. The first-order valence-corrected chi connectivity index (χ1v) is 5.01. The Hall–Kier alpha value is -0.180. The Bertz CT molecular complexity index is 197. The molecule has 2 aliphatic rings. The van der Waals surface area contributed by atoms with Crippen molar-refractivity contribution in [3.05, 3.63) is 0 Å². The molecular weight excluding hydrogens is 172 g/mol. The highest BCUT2D eigenvalue weighted by molar-refractivity contribution is 5.07. The topological polar surface area (TPSA) is 3.24 Å². The normalized spacial score (nSPS) is 30.2. The van der Waals surface area contributed by atoms with Crippen LogP contribution < -0.4 is 0 Å². The molecule has 2 fully saturated rings. The zero-order chi connectivity index (χ0) is 9.69. The van der Waals surface area contributed by atoms with Crippen molar-refractivity contribution in [2.24, 2.45) is 11.3 Å².